The second-order valence-electron chi connectivity index (χ2n) is 5.39. The molecule has 0 atom stereocenters. The van der Waals surface area contributed by atoms with Gasteiger partial charge in [-0.2, -0.15) is 13.2 Å². The first-order valence-electron chi connectivity index (χ1n) is 7.59. The molecule has 2 aromatic rings. The lowest BCUT2D eigenvalue weighted by molar-refractivity contribution is -0.140. The van der Waals surface area contributed by atoms with Crippen LogP contribution in [-0.4, -0.2) is 24.0 Å². The first-order valence-corrected chi connectivity index (χ1v) is 7.59. The molecule has 0 unspecified atom stereocenters. The lowest BCUT2D eigenvalue weighted by Gasteiger charge is -2.11. The van der Waals surface area contributed by atoms with E-state index in [1.807, 2.05) is 0 Å². The van der Waals surface area contributed by atoms with Crippen molar-refractivity contribution in [2.75, 3.05) is 18.4 Å². The van der Waals surface area contributed by atoms with Gasteiger partial charge in [-0.15, -0.1) is 0 Å². The molecule has 8 heteroatoms. The number of benzene rings is 1. The van der Waals surface area contributed by atoms with Crippen molar-refractivity contribution in [3.8, 4) is 11.3 Å². The average Bonchev–Trinajstić information content (AvgIpc) is 2.53. The number of halogens is 4. The van der Waals surface area contributed by atoms with Gasteiger partial charge in [0, 0.05) is 37.5 Å². The van der Waals surface area contributed by atoms with Crippen LogP contribution in [0.4, 0.5) is 23.2 Å². The quantitative estimate of drug-likeness (QED) is 0.611. The number of hydrogen-bond donors (Lipinski definition) is 2. The number of hydrogen-bond acceptors (Lipinski definition) is 3. The van der Waals surface area contributed by atoms with Gasteiger partial charge in [-0.25, -0.2) is 4.39 Å². The van der Waals surface area contributed by atoms with E-state index >= 15 is 0 Å². The van der Waals surface area contributed by atoms with Crippen molar-refractivity contribution in [1.82, 2.24) is 10.3 Å². The second-order valence-corrected chi connectivity index (χ2v) is 5.39. The van der Waals surface area contributed by atoms with Gasteiger partial charge in [-0.1, -0.05) is 6.07 Å². The number of rotatable bonds is 6. The summed E-state index contributed by atoms with van der Waals surface area (Å²) in [6, 6.07) is 6.04. The second kappa shape index (κ2) is 7.96. The van der Waals surface area contributed by atoms with Crippen molar-refractivity contribution in [2.24, 2.45) is 0 Å². The van der Waals surface area contributed by atoms with Gasteiger partial charge < -0.3 is 10.6 Å². The van der Waals surface area contributed by atoms with E-state index in [9.17, 15) is 22.4 Å². The van der Waals surface area contributed by atoms with Gasteiger partial charge in [0.1, 0.15) is 5.82 Å². The zero-order chi connectivity index (χ0) is 18.4. The molecule has 1 aromatic heterocycles. The Bertz CT molecular complexity index is 747. The molecule has 0 bridgehead atoms. The lowest BCUT2D eigenvalue weighted by atomic mass is 10.1. The minimum Gasteiger partial charge on any atom is -0.385 e. The van der Waals surface area contributed by atoms with E-state index < -0.39 is 17.6 Å². The molecular formula is C17H17F4N3O. The van der Waals surface area contributed by atoms with Crippen molar-refractivity contribution >= 4 is 11.6 Å². The normalized spacial score (nSPS) is 11.2. The van der Waals surface area contributed by atoms with Crippen LogP contribution in [0.3, 0.4) is 0 Å². The predicted octanol–water partition coefficient (Wildman–Crippen LogP) is 3.84. The highest BCUT2D eigenvalue weighted by molar-refractivity contribution is 5.72. The van der Waals surface area contributed by atoms with Gasteiger partial charge in [0.05, 0.1) is 11.3 Å². The molecule has 0 fully saturated rings. The molecule has 1 aromatic carbocycles. The SMILES string of the molecule is CC(=O)NCCCNc1ccnc(-c2ccc(C(F)(F)F)c(F)c2)c1. The van der Waals surface area contributed by atoms with Crippen molar-refractivity contribution in [2.45, 2.75) is 19.5 Å². The molecule has 1 heterocycles. The highest BCUT2D eigenvalue weighted by Gasteiger charge is 2.33. The Morgan fingerprint density at radius 3 is 2.56 bits per heavy atom. The summed E-state index contributed by atoms with van der Waals surface area (Å²) in [4.78, 5) is 14.8. The third kappa shape index (κ3) is 5.44. The van der Waals surface area contributed by atoms with Crippen LogP contribution < -0.4 is 10.6 Å². The van der Waals surface area contributed by atoms with Crippen LogP contribution in [0.15, 0.2) is 36.5 Å². The predicted molar refractivity (Wildman–Crippen MR) is 86.4 cm³/mol. The van der Waals surface area contributed by atoms with E-state index in [-0.39, 0.29) is 11.5 Å². The maximum atomic E-state index is 13.7. The van der Waals surface area contributed by atoms with E-state index in [1.165, 1.54) is 19.2 Å². The highest BCUT2D eigenvalue weighted by Crippen LogP contribution is 2.33. The Balaban J connectivity index is 2.06. The Kier molecular flexibility index (Phi) is 5.95. The first-order chi connectivity index (χ1) is 11.8. The van der Waals surface area contributed by atoms with Crippen LogP contribution in [0.1, 0.15) is 18.9 Å². The van der Waals surface area contributed by atoms with Crippen LogP contribution in [0.5, 0.6) is 0 Å². The van der Waals surface area contributed by atoms with Crippen LogP contribution >= 0.6 is 0 Å². The zero-order valence-corrected chi connectivity index (χ0v) is 13.5. The maximum Gasteiger partial charge on any atom is 0.419 e. The van der Waals surface area contributed by atoms with Crippen LogP contribution in [0, 0.1) is 5.82 Å². The number of anilines is 1. The van der Waals surface area contributed by atoms with Gasteiger partial charge in [-0.05, 0) is 30.7 Å². The van der Waals surface area contributed by atoms with Crippen molar-refractivity contribution < 1.29 is 22.4 Å². The van der Waals surface area contributed by atoms with Gasteiger partial charge in [-0.3, -0.25) is 9.78 Å². The smallest absolute Gasteiger partial charge is 0.385 e. The van der Waals surface area contributed by atoms with Gasteiger partial charge in [0.15, 0.2) is 0 Å². The molecule has 4 nitrogen and oxygen atoms in total. The summed E-state index contributed by atoms with van der Waals surface area (Å²) in [5.41, 5.74) is 0.0171. The molecule has 0 radical (unpaired) electrons. The van der Waals surface area contributed by atoms with E-state index in [4.69, 9.17) is 0 Å². The Labute approximate surface area is 142 Å². The number of carbonyl (C=O) groups is 1. The van der Waals surface area contributed by atoms with Crippen molar-refractivity contribution in [3.05, 3.63) is 47.9 Å². The molecule has 0 spiro atoms. The highest BCUT2D eigenvalue weighted by atomic mass is 19.4. The monoisotopic (exact) mass is 355 g/mol. The minimum absolute atomic E-state index is 0.101. The van der Waals surface area contributed by atoms with Crippen LogP contribution in [-0.2, 0) is 11.0 Å². The number of pyridine rings is 1. The zero-order valence-electron chi connectivity index (χ0n) is 13.5. The number of carbonyl (C=O) groups excluding carboxylic acids is 1. The lowest BCUT2D eigenvalue weighted by Crippen LogP contribution is -2.22. The molecule has 1 amide bonds. The molecule has 0 aliphatic heterocycles. The van der Waals surface area contributed by atoms with Gasteiger partial charge >= 0.3 is 6.18 Å². The molecular weight excluding hydrogens is 338 g/mol. The molecule has 0 saturated heterocycles. The molecule has 0 saturated carbocycles. The van der Waals surface area contributed by atoms with E-state index in [0.29, 0.717) is 37.0 Å². The van der Waals surface area contributed by atoms with Crippen LogP contribution in [0.2, 0.25) is 0 Å². The summed E-state index contributed by atoms with van der Waals surface area (Å²) in [6.07, 6.45) is -2.54. The topological polar surface area (TPSA) is 54.0 Å². The maximum absolute atomic E-state index is 13.7. The van der Waals surface area contributed by atoms with E-state index in [1.54, 1.807) is 12.1 Å². The van der Waals surface area contributed by atoms with E-state index in [0.717, 1.165) is 6.07 Å². The largest absolute Gasteiger partial charge is 0.419 e. The minimum atomic E-state index is -4.73. The fourth-order valence-corrected chi connectivity index (χ4v) is 2.19. The number of nitrogens with one attached hydrogen (secondary N) is 2. The molecule has 134 valence electrons. The van der Waals surface area contributed by atoms with Crippen LogP contribution in [0.25, 0.3) is 11.3 Å². The van der Waals surface area contributed by atoms with Crippen molar-refractivity contribution in [1.29, 1.82) is 0 Å². The number of amides is 1. The number of aromatic nitrogens is 1. The third-order valence-electron chi connectivity index (χ3n) is 3.39. The summed E-state index contributed by atoms with van der Waals surface area (Å²) >= 11 is 0. The molecule has 2 N–H and O–H groups in total. The van der Waals surface area contributed by atoms with Gasteiger partial charge in [0.25, 0.3) is 0 Å². The number of nitrogens with zero attached hydrogens (tertiary/aromatic N) is 1. The molecule has 2 rings (SSSR count). The standard InChI is InChI=1S/C17H17F4N3O/c1-11(25)22-6-2-7-23-13-5-8-24-16(10-13)12-3-4-14(15(18)9-12)17(19,20)21/h3-5,8-10H,2,6-7H2,1H3,(H,22,25)(H,23,24). The summed E-state index contributed by atoms with van der Waals surface area (Å²) in [6.45, 7) is 2.56. The van der Waals surface area contributed by atoms with E-state index in [2.05, 4.69) is 15.6 Å². The first kappa shape index (κ1) is 18.7. The fourth-order valence-electron chi connectivity index (χ4n) is 2.19. The third-order valence-corrected chi connectivity index (χ3v) is 3.39. The number of alkyl halides is 3. The fraction of sp³-hybridized carbons (Fsp3) is 0.294. The summed E-state index contributed by atoms with van der Waals surface area (Å²) in [5.74, 6) is -1.43. The Morgan fingerprint density at radius 1 is 1.16 bits per heavy atom. The molecule has 0 aliphatic rings. The van der Waals surface area contributed by atoms with Gasteiger partial charge in [0.2, 0.25) is 5.91 Å². The summed E-state index contributed by atoms with van der Waals surface area (Å²) in [5, 5.41) is 5.78. The Morgan fingerprint density at radius 2 is 1.92 bits per heavy atom. The summed E-state index contributed by atoms with van der Waals surface area (Å²) < 4.78 is 51.5. The molecule has 0 aliphatic carbocycles. The Hall–Kier alpha value is -2.64. The summed E-state index contributed by atoms with van der Waals surface area (Å²) in [7, 11) is 0. The molecule has 25 heavy (non-hydrogen) atoms. The average molecular weight is 355 g/mol. The van der Waals surface area contributed by atoms with Crippen molar-refractivity contribution in [3.63, 3.8) is 0 Å².